The van der Waals surface area contributed by atoms with E-state index < -0.39 is 0 Å². The zero-order chi connectivity index (χ0) is 15.6. The lowest BCUT2D eigenvalue weighted by Crippen LogP contribution is -2.38. The van der Waals surface area contributed by atoms with Crippen molar-refractivity contribution in [1.82, 2.24) is 0 Å². The van der Waals surface area contributed by atoms with Crippen LogP contribution in [-0.2, 0) is 0 Å². The Kier molecular flexibility index (Phi) is 3.77. The predicted molar refractivity (Wildman–Crippen MR) is 91.0 cm³/mol. The van der Waals surface area contributed by atoms with Crippen LogP contribution in [0.5, 0.6) is 5.75 Å². The first-order valence-corrected chi connectivity index (χ1v) is 7.59. The molecule has 2 aromatic carbocycles. The Labute approximate surface area is 132 Å². The minimum absolute atomic E-state index is 0.159. The summed E-state index contributed by atoms with van der Waals surface area (Å²) in [5.74, 6) is 7.81. The van der Waals surface area contributed by atoms with Crippen molar-refractivity contribution in [2.75, 3.05) is 0 Å². The van der Waals surface area contributed by atoms with Crippen LogP contribution < -0.4 is 4.74 Å². The van der Waals surface area contributed by atoms with E-state index in [1.54, 1.807) is 0 Å². The van der Waals surface area contributed by atoms with Crippen molar-refractivity contribution in [3.63, 3.8) is 0 Å². The molecule has 1 nitrogen and oxygen atoms in total. The number of hydrogen-bond donors (Lipinski definition) is 0. The third-order valence-corrected chi connectivity index (χ3v) is 4.29. The van der Waals surface area contributed by atoms with Gasteiger partial charge >= 0.3 is 0 Å². The Bertz CT molecular complexity index is 748. The van der Waals surface area contributed by atoms with E-state index in [0.29, 0.717) is 0 Å². The zero-order valence-corrected chi connectivity index (χ0v) is 13.1. The lowest BCUT2D eigenvalue weighted by molar-refractivity contribution is 0.0972. The summed E-state index contributed by atoms with van der Waals surface area (Å²) in [6, 6.07) is 18.3. The highest BCUT2D eigenvalue weighted by atomic mass is 16.5. The summed E-state index contributed by atoms with van der Waals surface area (Å²) >= 11 is 0. The van der Waals surface area contributed by atoms with E-state index >= 15 is 0 Å². The molecule has 0 fully saturated rings. The number of fused-ring (bicyclic) bond motifs is 1. The zero-order valence-electron chi connectivity index (χ0n) is 13.1. The number of ether oxygens (including phenoxy) is 1. The maximum Gasteiger partial charge on any atom is 0.128 e. The first-order valence-electron chi connectivity index (χ1n) is 7.59. The highest BCUT2D eigenvalue weighted by Crippen LogP contribution is 2.43. The molecule has 0 amide bonds. The SMILES string of the molecule is C=C(C)[C@]1(C)C[C@H](C#Cc2ccccc2)c2ccccc2O1. The van der Waals surface area contributed by atoms with E-state index in [1.165, 1.54) is 5.56 Å². The van der Waals surface area contributed by atoms with Gasteiger partial charge in [0, 0.05) is 17.5 Å². The minimum Gasteiger partial charge on any atom is -0.483 e. The smallest absolute Gasteiger partial charge is 0.128 e. The van der Waals surface area contributed by atoms with Gasteiger partial charge in [-0.15, -0.1) is 0 Å². The quantitative estimate of drug-likeness (QED) is 0.533. The van der Waals surface area contributed by atoms with Crippen LogP contribution >= 0.6 is 0 Å². The summed E-state index contributed by atoms with van der Waals surface area (Å²) in [5, 5.41) is 0. The van der Waals surface area contributed by atoms with Crippen molar-refractivity contribution in [2.45, 2.75) is 31.8 Å². The lowest BCUT2D eigenvalue weighted by Gasteiger charge is -2.39. The van der Waals surface area contributed by atoms with Gasteiger partial charge in [0.1, 0.15) is 11.4 Å². The Morgan fingerprint density at radius 1 is 1.14 bits per heavy atom. The standard InChI is InChI=1S/C21H20O/c1-16(2)21(3)15-18(14-13-17-9-5-4-6-10-17)19-11-7-8-12-20(19)22-21/h4-12,18H,1,15H2,2-3H3/t18-,21-/m0/s1. The van der Waals surface area contributed by atoms with Gasteiger partial charge in [-0.25, -0.2) is 0 Å². The molecular formula is C21H20O. The van der Waals surface area contributed by atoms with Crippen molar-refractivity contribution in [1.29, 1.82) is 0 Å². The molecule has 0 unspecified atom stereocenters. The third-order valence-electron chi connectivity index (χ3n) is 4.29. The van der Waals surface area contributed by atoms with Crippen molar-refractivity contribution in [2.24, 2.45) is 0 Å². The monoisotopic (exact) mass is 288 g/mol. The number of rotatable bonds is 1. The van der Waals surface area contributed by atoms with Crippen LogP contribution in [0.1, 0.15) is 37.3 Å². The molecule has 0 saturated heterocycles. The van der Waals surface area contributed by atoms with E-state index in [4.69, 9.17) is 4.74 Å². The molecule has 2 atom stereocenters. The second-order valence-electron chi connectivity index (χ2n) is 6.04. The maximum atomic E-state index is 6.20. The van der Waals surface area contributed by atoms with Crippen LogP contribution in [0.15, 0.2) is 66.7 Å². The van der Waals surface area contributed by atoms with E-state index in [2.05, 4.69) is 31.4 Å². The predicted octanol–water partition coefficient (Wildman–Crippen LogP) is 4.94. The molecule has 1 heterocycles. The van der Waals surface area contributed by atoms with Crippen LogP contribution in [0.3, 0.4) is 0 Å². The first kappa shape index (κ1) is 14.5. The molecule has 1 heteroatoms. The fraction of sp³-hybridized carbons (Fsp3) is 0.238. The van der Waals surface area contributed by atoms with Gasteiger partial charge in [0.2, 0.25) is 0 Å². The molecule has 110 valence electrons. The first-order chi connectivity index (χ1) is 10.6. The van der Waals surface area contributed by atoms with Gasteiger partial charge < -0.3 is 4.74 Å². The normalized spacial score (nSPS) is 22.7. The van der Waals surface area contributed by atoms with Gasteiger partial charge in [0.15, 0.2) is 0 Å². The molecular weight excluding hydrogens is 268 g/mol. The second kappa shape index (κ2) is 5.73. The Hall–Kier alpha value is -2.46. The molecule has 0 radical (unpaired) electrons. The molecule has 0 saturated carbocycles. The molecule has 2 aromatic rings. The Balaban J connectivity index is 1.99. The fourth-order valence-corrected chi connectivity index (χ4v) is 2.73. The van der Waals surface area contributed by atoms with E-state index in [-0.39, 0.29) is 11.5 Å². The average molecular weight is 288 g/mol. The highest BCUT2D eigenvalue weighted by Gasteiger charge is 2.37. The number of benzene rings is 2. The number of para-hydroxylation sites is 1. The van der Waals surface area contributed by atoms with Crippen molar-refractivity contribution < 1.29 is 4.74 Å². The largest absolute Gasteiger partial charge is 0.483 e. The van der Waals surface area contributed by atoms with Crippen LogP contribution in [0.4, 0.5) is 0 Å². The van der Waals surface area contributed by atoms with Crippen LogP contribution in [-0.4, -0.2) is 5.60 Å². The number of hydrogen-bond acceptors (Lipinski definition) is 1. The summed E-state index contributed by atoms with van der Waals surface area (Å²) in [5.41, 5.74) is 2.89. The van der Waals surface area contributed by atoms with E-state index in [0.717, 1.165) is 23.3 Å². The Morgan fingerprint density at radius 2 is 1.82 bits per heavy atom. The molecule has 3 rings (SSSR count). The minimum atomic E-state index is -0.357. The van der Waals surface area contributed by atoms with E-state index in [1.807, 2.05) is 55.5 Å². The molecule has 0 aromatic heterocycles. The topological polar surface area (TPSA) is 9.23 Å². The van der Waals surface area contributed by atoms with Gasteiger partial charge in [-0.3, -0.25) is 0 Å². The molecule has 0 bridgehead atoms. The summed E-state index contributed by atoms with van der Waals surface area (Å²) in [7, 11) is 0. The highest BCUT2D eigenvalue weighted by molar-refractivity contribution is 5.46. The van der Waals surface area contributed by atoms with Gasteiger partial charge in [0.25, 0.3) is 0 Å². The molecule has 0 spiro atoms. The molecule has 1 aliphatic heterocycles. The van der Waals surface area contributed by atoms with Crippen molar-refractivity contribution >= 4 is 0 Å². The molecule has 0 N–H and O–H groups in total. The second-order valence-corrected chi connectivity index (χ2v) is 6.04. The summed E-state index contributed by atoms with van der Waals surface area (Å²) in [6.45, 7) is 8.23. The third kappa shape index (κ3) is 2.78. The van der Waals surface area contributed by atoms with Crippen molar-refractivity contribution in [3.05, 3.63) is 77.9 Å². The van der Waals surface area contributed by atoms with Crippen molar-refractivity contribution in [3.8, 4) is 17.6 Å². The van der Waals surface area contributed by atoms with Crippen LogP contribution in [0, 0.1) is 11.8 Å². The summed E-state index contributed by atoms with van der Waals surface area (Å²) < 4.78 is 6.20. The van der Waals surface area contributed by atoms with Crippen LogP contribution in [0.2, 0.25) is 0 Å². The lowest BCUT2D eigenvalue weighted by atomic mass is 9.80. The summed E-state index contributed by atoms with van der Waals surface area (Å²) in [4.78, 5) is 0. The summed E-state index contributed by atoms with van der Waals surface area (Å²) in [6.07, 6.45) is 0.833. The molecule has 0 aliphatic carbocycles. The fourth-order valence-electron chi connectivity index (χ4n) is 2.73. The molecule has 22 heavy (non-hydrogen) atoms. The van der Waals surface area contributed by atoms with Crippen LogP contribution in [0.25, 0.3) is 0 Å². The average Bonchev–Trinajstić information content (AvgIpc) is 2.53. The Morgan fingerprint density at radius 3 is 2.55 bits per heavy atom. The van der Waals surface area contributed by atoms with Gasteiger partial charge in [-0.05, 0) is 37.6 Å². The van der Waals surface area contributed by atoms with Gasteiger partial charge in [-0.1, -0.05) is 54.8 Å². The maximum absolute atomic E-state index is 6.20. The van der Waals surface area contributed by atoms with E-state index in [9.17, 15) is 0 Å². The van der Waals surface area contributed by atoms with Gasteiger partial charge in [-0.2, -0.15) is 0 Å². The molecule has 1 aliphatic rings. The van der Waals surface area contributed by atoms with Gasteiger partial charge in [0.05, 0.1) is 5.92 Å².